The standard InChI is InChI=1S/C20H21NO4/c1-13-11-14(2)18(15(3)12-13)19(22)24-10-6-9-21-16-7-4-5-8-17(16)25-20(21)23/h4-5,7-8,11-12H,6,9-10H2,1-3H3. The molecule has 1 heterocycles. The molecule has 5 nitrogen and oxygen atoms in total. The Morgan fingerprint density at radius 3 is 2.52 bits per heavy atom. The molecule has 0 saturated heterocycles. The Kier molecular flexibility index (Phi) is 4.74. The van der Waals surface area contributed by atoms with Gasteiger partial charge in [-0.05, 0) is 50.5 Å². The molecule has 130 valence electrons. The molecule has 3 aromatic rings. The van der Waals surface area contributed by atoms with Gasteiger partial charge in [-0.25, -0.2) is 9.59 Å². The number of carbonyl (C=O) groups excluding carboxylic acids is 1. The van der Waals surface area contributed by atoms with Gasteiger partial charge in [0.25, 0.3) is 0 Å². The molecular weight excluding hydrogens is 318 g/mol. The number of para-hydroxylation sites is 2. The summed E-state index contributed by atoms with van der Waals surface area (Å²) in [5.41, 5.74) is 4.90. The molecule has 0 radical (unpaired) electrons. The summed E-state index contributed by atoms with van der Waals surface area (Å²) >= 11 is 0. The predicted octanol–water partition coefficient (Wildman–Crippen LogP) is 3.77. The second-order valence-corrected chi connectivity index (χ2v) is 6.25. The molecule has 0 saturated carbocycles. The van der Waals surface area contributed by atoms with Crippen molar-refractivity contribution in [3.8, 4) is 0 Å². The maximum atomic E-state index is 12.3. The first-order valence-electron chi connectivity index (χ1n) is 8.30. The zero-order valence-corrected chi connectivity index (χ0v) is 14.7. The van der Waals surface area contributed by atoms with E-state index < -0.39 is 5.76 Å². The van der Waals surface area contributed by atoms with Gasteiger partial charge in [0.15, 0.2) is 5.58 Å². The van der Waals surface area contributed by atoms with Gasteiger partial charge in [0.2, 0.25) is 0 Å². The molecule has 0 spiro atoms. The van der Waals surface area contributed by atoms with Crippen LogP contribution in [0.1, 0.15) is 33.5 Å². The lowest BCUT2D eigenvalue weighted by molar-refractivity contribution is 0.0494. The zero-order chi connectivity index (χ0) is 18.0. The van der Waals surface area contributed by atoms with Crippen molar-refractivity contribution in [3.05, 3.63) is 69.2 Å². The highest BCUT2D eigenvalue weighted by atomic mass is 16.5. The Hall–Kier alpha value is -2.82. The largest absolute Gasteiger partial charge is 0.462 e. The van der Waals surface area contributed by atoms with E-state index in [1.807, 2.05) is 51.1 Å². The van der Waals surface area contributed by atoms with Crippen LogP contribution in [0.5, 0.6) is 0 Å². The van der Waals surface area contributed by atoms with Crippen molar-refractivity contribution in [2.24, 2.45) is 0 Å². The van der Waals surface area contributed by atoms with E-state index in [9.17, 15) is 9.59 Å². The van der Waals surface area contributed by atoms with E-state index in [1.165, 1.54) is 0 Å². The summed E-state index contributed by atoms with van der Waals surface area (Å²) in [6.07, 6.45) is 0.541. The number of esters is 1. The van der Waals surface area contributed by atoms with Crippen LogP contribution < -0.4 is 5.76 Å². The lowest BCUT2D eigenvalue weighted by atomic mass is 10.00. The average molecular weight is 339 g/mol. The highest BCUT2D eigenvalue weighted by Crippen LogP contribution is 2.17. The highest BCUT2D eigenvalue weighted by molar-refractivity contribution is 5.92. The van der Waals surface area contributed by atoms with Crippen LogP contribution in [-0.4, -0.2) is 17.1 Å². The van der Waals surface area contributed by atoms with E-state index in [-0.39, 0.29) is 12.6 Å². The number of fused-ring (bicyclic) bond motifs is 1. The molecule has 1 aromatic heterocycles. The maximum absolute atomic E-state index is 12.3. The summed E-state index contributed by atoms with van der Waals surface area (Å²) in [5, 5.41) is 0. The fraction of sp³-hybridized carbons (Fsp3) is 0.300. The molecule has 0 aliphatic rings. The number of aryl methyl sites for hydroxylation is 4. The van der Waals surface area contributed by atoms with Gasteiger partial charge in [-0.2, -0.15) is 0 Å². The maximum Gasteiger partial charge on any atom is 0.419 e. The molecule has 25 heavy (non-hydrogen) atoms. The first-order valence-corrected chi connectivity index (χ1v) is 8.30. The molecular formula is C20H21NO4. The SMILES string of the molecule is Cc1cc(C)c(C(=O)OCCCn2c(=O)oc3ccccc32)c(C)c1. The highest BCUT2D eigenvalue weighted by Gasteiger charge is 2.14. The van der Waals surface area contributed by atoms with Crippen molar-refractivity contribution in [1.82, 2.24) is 4.57 Å². The van der Waals surface area contributed by atoms with Crippen LogP contribution >= 0.6 is 0 Å². The summed E-state index contributed by atoms with van der Waals surface area (Å²) in [6.45, 7) is 6.51. The summed E-state index contributed by atoms with van der Waals surface area (Å²) in [7, 11) is 0. The van der Waals surface area contributed by atoms with Crippen LogP contribution in [-0.2, 0) is 11.3 Å². The van der Waals surface area contributed by atoms with Crippen molar-refractivity contribution in [2.75, 3.05) is 6.61 Å². The number of ether oxygens (including phenoxy) is 1. The van der Waals surface area contributed by atoms with Gasteiger partial charge in [-0.15, -0.1) is 0 Å². The third-order valence-corrected chi connectivity index (χ3v) is 4.21. The number of nitrogens with zero attached hydrogens (tertiary/aromatic N) is 1. The van der Waals surface area contributed by atoms with E-state index in [0.717, 1.165) is 22.2 Å². The third-order valence-electron chi connectivity index (χ3n) is 4.21. The van der Waals surface area contributed by atoms with Gasteiger partial charge in [0.05, 0.1) is 17.7 Å². The minimum atomic E-state index is -0.391. The van der Waals surface area contributed by atoms with Crippen LogP contribution in [0.2, 0.25) is 0 Å². The molecule has 0 fully saturated rings. The first-order chi connectivity index (χ1) is 12.0. The molecule has 0 atom stereocenters. The fourth-order valence-electron chi connectivity index (χ4n) is 3.19. The number of aromatic nitrogens is 1. The lowest BCUT2D eigenvalue weighted by Crippen LogP contribution is -2.17. The molecule has 0 aliphatic carbocycles. The summed E-state index contributed by atoms with van der Waals surface area (Å²) in [6, 6.07) is 11.2. The second-order valence-electron chi connectivity index (χ2n) is 6.25. The molecule has 0 amide bonds. The van der Waals surface area contributed by atoms with E-state index in [4.69, 9.17) is 9.15 Å². The van der Waals surface area contributed by atoms with E-state index in [2.05, 4.69) is 0 Å². The molecule has 3 rings (SSSR count). The minimum Gasteiger partial charge on any atom is -0.462 e. The molecule has 0 aliphatic heterocycles. The van der Waals surface area contributed by atoms with Crippen molar-refractivity contribution < 1.29 is 13.9 Å². The van der Waals surface area contributed by atoms with Crippen LogP contribution in [0, 0.1) is 20.8 Å². The Morgan fingerprint density at radius 2 is 1.80 bits per heavy atom. The Bertz CT molecular complexity index is 958. The number of oxazole rings is 1. The zero-order valence-electron chi connectivity index (χ0n) is 14.7. The monoisotopic (exact) mass is 339 g/mol. The summed E-state index contributed by atoms with van der Waals surface area (Å²) in [5.74, 6) is -0.711. The van der Waals surface area contributed by atoms with Crippen LogP contribution in [0.4, 0.5) is 0 Å². The Balaban J connectivity index is 1.63. The number of hydrogen-bond donors (Lipinski definition) is 0. The van der Waals surface area contributed by atoms with Crippen LogP contribution in [0.3, 0.4) is 0 Å². The summed E-state index contributed by atoms with van der Waals surface area (Å²) < 4.78 is 12.1. The quantitative estimate of drug-likeness (QED) is 0.524. The van der Waals surface area contributed by atoms with E-state index >= 15 is 0 Å². The molecule has 5 heteroatoms. The van der Waals surface area contributed by atoms with Gasteiger partial charge in [0.1, 0.15) is 0 Å². The minimum absolute atomic E-state index is 0.248. The third kappa shape index (κ3) is 3.50. The van der Waals surface area contributed by atoms with Gasteiger partial charge in [-0.1, -0.05) is 29.8 Å². The van der Waals surface area contributed by atoms with Crippen LogP contribution in [0.15, 0.2) is 45.6 Å². The number of rotatable bonds is 5. The summed E-state index contributed by atoms with van der Waals surface area (Å²) in [4.78, 5) is 24.2. The van der Waals surface area contributed by atoms with Gasteiger partial charge < -0.3 is 9.15 Å². The second kappa shape index (κ2) is 6.97. The van der Waals surface area contributed by atoms with Crippen molar-refractivity contribution in [3.63, 3.8) is 0 Å². The fourth-order valence-corrected chi connectivity index (χ4v) is 3.19. The Morgan fingerprint density at radius 1 is 1.12 bits per heavy atom. The number of carbonyl (C=O) groups is 1. The van der Waals surface area contributed by atoms with Crippen molar-refractivity contribution in [1.29, 1.82) is 0 Å². The normalized spacial score (nSPS) is 11.0. The van der Waals surface area contributed by atoms with Crippen molar-refractivity contribution in [2.45, 2.75) is 33.7 Å². The smallest absolute Gasteiger partial charge is 0.419 e. The van der Waals surface area contributed by atoms with E-state index in [0.29, 0.717) is 24.1 Å². The van der Waals surface area contributed by atoms with Gasteiger partial charge >= 0.3 is 11.7 Å². The average Bonchev–Trinajstić information content (AvgIpc) is 2.86. The topological polar surface area (TPSA) is 61.4 Å². The molecule has 2 aromatic carbocycles. The van der Waals surface area contributed by atoms with Crippen molar-refractivity contribution >= 4 is 17.1 Å². The Labute approximate surface area is 145 Å². The first kappa shape index (κ1) is 17.0. The molecule has 0 N–H and O–H groups in total. The van der Waals surface area contributed by atoms with Gasteiger partial charge in [0, 0.05) is 6.54 Å². The molecule has 0 bridgehead atoms. The lowest BCUT2D eigenvalue weighted by Gasteiger charge is -2.11. The van der Waals surface area contributed by atoms with Gasteiger partial charge in [-0.3, -0.25) is 4.57 Å². The number of hydrogen-bond acceptors (Lipinski definition) is 4. The van der Waals surface area contributed by atoms with Crippen LogP contribution in [0.25, 0.3) is 11.1 Å². The molecule has 0 unspecified atom stereocenters. The number of benzene rings is 2. The predicted molar refractivity (Wildman–Crippen MR) is 96.0 cm³/mol. The van der Waals surface area contributed by atoms with E-state index in [1.54, 1.807) is 10.6 Å².